The van der Waals surface area contributed by atoms with E-state index in [9.17, 15) is 4.79 Å². The molecule has 0 unspecified atom stereocenters. The molecule has 5 nitrogen and oxygen atoms in total. The number of nitrogens with zero attached hydrogens (tertiary/aromatic N) is 1. The topological polar surface area (TPSA) is 50.8 Å². The van der Waals surface area contributed by atoms with Crippen LogP contribution in [0.15, 0.2) is 35.7 Å². The van der Waals surface area contributed by atoms with E-state index in [4.69, 9.17) is 9.47 Å². The third kappa shape index (κ3) is 4.89. The second-order valence-corrected chi connectivity index (χ2v) is 6.06. The molecule has 0 aliphatic heterocycles. The normalized spacial score (nSPS) is 10.2. The van der Waals surface area contributed by atoms with Crippen molar-refractivity contribution in [2.45, 2.75) is 19.9 Å². The molecule has 1 N–H and O–H groups in total. The minimum Gasteiger partial charge on any atom is -0.497 e. The lowest BCUT2D eigenvalue weighted by molar-refractivity contribution is 0.209. The Morgan fingerprint density at radius 1 is 1.22 bits per heavy atom. The third-order valence-electron chi connectivity index (χ3n) is 3.31. The SMILES string of the molecule is CCCN(Cc1cccs1)C(=O)Nc1cc(OC)cc(OC)c1. The summed E-state index contributed by atoms with van der Waals surface area (Å²) in [5, 5.41) is 4.94. The first-order valence-corrected chi connectivity index (χ1v) is 8.35. The lowest BCUT2D eigenvalue weighted by atomic mass is 10.2. The Morgan fingerprint density at radius 3 is 2.43 bits per heavy atom. The molecule has 0 aliphatic carbocycles. The predicted molar refractivity (Wildman–Crippen MR) is 93.6 cm³/mol. The lowest BCUT2D eigenvalue weighted by Gasteiger charge is -2.22. The predicted octanol–water partition coefficient (Wildman–Crippen LogP) is 4.21. The van der Waals surface area contributed by atoms with E-state index in [1.54, 1.807) is 48.7 Å². The van der Waals surface area contributed by atoms with Crippen LogP contribution in [-0.4, -0.2) is 31.7 Å². The van der Waals surface area contributed by atoms with Crippen molar-refractivity contribution in [2.75, 3.05) is 26.1 Å². The summed E-state index contributed by atoms with van der Waals surface area (Å²) in [7, 11) is 3.17. The van der Waals surface area contributed by atoms with Gasteiger partial charge in [0.2, 0.25) is 0 Å². The van der Waals surface area contributed by atoms with Gasteiger partial charge >= 0.3 is 6.03 Å². The maximum absolute atomic E-state index is 12.6. The summed E-state index contributed by atoms with van der Waals surface area (Å²) in [5.41, 5.74) is 0.651. The number of nitrogens with one attached hydrogen (secondary N) is 1. The van der Waals surface area contributed by atoms with Crippen molar-refractivity contribution >= 4 is 23.1 Å². The zero-order chi connectivity index (χ0) is 16.7. The molecule has 0 saturated heterocycles. The quantitative estimate of drug-likeness (QED) is 0.825. The number of amides is 2. The van der Waals surface area contributed by atoms with Crippen LogP contribution >= 0.6 is 11.3 Å². The summed E-state index contributed by atoms with van der Waals surface area (Å²) < 4.78 is 10.5. The van der Waals surface area contributed by atoms with Crippen LogP contribution in [0.4, 0.5) is 10.5 Å². The van der Waals surface area contributed by atoms with E-state index in [1.165, 1.54) is 0 Å². The molecule has 1 aromatic carbocycles. The highest BCUT2D eigenvalue weighted by molar-refractivity contribution is 7.09. The highest BCUT2D eigenvalue weighted by atomic mass is 32.1. The molecule has 6 heteroatoms. The second kappa shape index (κ2) is 8.43. The van der Waals surface area contributed by atoms with Crippen molar-refractivity contribution < 1.29 is 14.3 Å². The van der Waals surface area contributed by atoms with Gasteiger partial charge in [0.1, 0.15) is 11.5 Å². The first-order chi connectivity index (χ1) is 11.2. The first kappa shape index (κ1) is 17.1. The highest BCUT2D eigenvalue weighted by Crippen LogP contribution is 2.26. The summed E-state index contributed by atoms with van der Waals surface area (Å²) in [6, 6.07) is 9.22. The van der Waals surface area contributed by atoms with Gasteiger partial charge in [-0.3, -0.25) is 0 Å². The van der Waals surface area contributed by atoms with Crippen molar-refractivity contribution in [1.29, 1.82) is 0 Å². The molecule has 2 amide bonds. The van der Waals surface area contributed by atoms with E-state index in [0.29, 0.717) is 30.3 Å². The van der Waals surface area contributed by atoms with E-state index in [0.717, 1.165) is 11.3 Å². The molecule has 1 aromatic heterocycles. The summed E-state index contributed by atoms with van der Waals surface area (Å²) >= 11 is 1.65. The molecule has 0 fully saturated rings. The Labute approximate surface area is 140 Å². The van der Waals surface area contributed by atoms with Crippen molar-refractivity contribution in [1.82, 2.24) is 4.90 Å². The maximum atomic E-state index is 12.6. The number of hydrogen-bond acceptors (Lipinski definition) is 4. The average Bonchev–Trinajstić information content (AvgIpc) is 3.07. The molecular weight excluding hydrogens is 312 g/mol. The number of benzene rings is 1. The van der Waals surface area contributed by atoms with Gasteiger partial charge in [-0.2, -0.15) is 0 Å². The van der Waals surface area contributed by atoms with Gasteiger partial charge in [0, 0.05) is 35.3 Å². The zero-order valence-electron chi connectivity index (χ0n) is 13.7. The van der Waals surface area contributed by atoms with Gasteiger partial charge in [-0.25, -0.2) is 4.79 Å². The minimum atomic E-state index is -0.129. The molecule has 1 heterocycles. The van der Waals surface area contributed by atoms with Crippen LogP contribution in [0.1, 0.15) is 18.2 Å². The van der Waals surface area contributed by atoms with Crippen LogP contribution < -0.4 is 14.8 Å². The number of hydrogen-bond donors (Lipinski definition) is 1. The smallest absolute Gasteiger partial charge is 0.322 e. The van der Waals surface area contributed by atoms with Crippen molar-refractivity contribution in [3.05, 3.63) is 40.6 Å². The van der Waals surface area contributed by atoms with Crippen molar-refractivity contribution in [2.24, 2.45) is 0 Å². The number of anilines is 1. The van der Waals surface area contributed by atoms with Gasteiger partial charge < -0.3 is 19.7 Å². The molecule has 2 aromatic rings. The molecule has 0 saturated carbocycles. The van der Waals surface area contributed by atoms with Gasteiger partial charge in [0.05, 0.1) is 20.8 Å². The Morgan fingerprint density at radius 2 is 1.91 bits per heavy atom. The molecule has 2 rings (SSSR count). The van der Waals surface area contributed by atoms with Crippen LogP contribution in [0.5, 0.6) is 11.5 Å². The Kier molecular flexibility index (Phi) is 6.29. The van der Waals surface area contributed by atoms with Crippen LogP contribution in [0.3, 0.4) is 0 Å². The molecule has 23 heavy (non-hydrogen) atoms. The second-order valence-electron chi connectivity index (χ2n) is 5.03. The number of thiophene rings is 1. The van der Waals surface area contributed by atoms with Crippen molar-refractivity contribution in [3.8, 4) is 11.5 Å². The molecule has 0 atom stereocenters. The average molecular weight is 334 g/mol. The molecule has 0 aliphatic rings. The molecule has 124 valence electrons. The molecule has 0 radical (unpaired) electrons. The van der Waals surface area contributed by atoms with E-state index < -0.39 is 0 Å². The molecule has 0 spiro atoms. The van der Waals surface area contributed by atoms with E-state index >= 15 is 0 Å². The van der Waals surface area contributed by atoms with Crippen molar-refractivity contribution in [3.63, 3.8) is 0 Å². The van der Waals surface area contributed by atoms with Crippen LogP contribution in [-0.2, 0) is 6.54 Å². The van der Waals surface area contributed by atoms with E-state index in [2.05, 4.69) is 12.2 Å². The Bertz CT molecular complexity index is 607. The van der Waals surface area contributed by atoms with E-state index in [1.807, 2.05) is 17.5 Å². The summed E-state index contributed by atoms with van der Waals surface area (Å²) in [4.78, 5) is 15.5. The number of ether oxygens (including phenoxy) is 2. The van der Waals surface area contributed by atoms with Crippen LogP contribution in [0, 0.1) is 0 Å². The van der Waals surface area contributed by atoms with E-state index in [-0.39, 0.29) is 6.03 Å². The number of urea groups is 1. The van der Waals surface area contributed by atoms with Gasteiger partial charge in [-0.1, -0.05) is 13.0 Å². The Hall–Kier alpha value is -2.21. The number of rotatable bonds is 7. The van der Waals surface area contributed by atoms with Crippen LogP contribution in [0.2, 0.25) is 0 Å². The third-order valence-corrected chi connectivity index (χ3v) is 4.17. The number of carbonyl (C=O) groups is 1. The highest BCUT2D eigenvalue weighted by Gasteiger charge is 2.15. The fourth-order valence-corrected chi connectivity index (χ4v) is 2.91. The van der Waals surface area contributed by atoms with Gasteiger partial charge in [0.15, 0.2) is 0 Å². The summed E-state index contributed by atoms with van der Waals surface area (Å²) in [6.45, 7) is 3.37. The lowest BCUT2D eigenvalue weighted by Crippen LogP contribution is -2.34. The summed E-state index contributed by atoms with van der Waals surface area (Å²) in [5.74, 6) is 1.28. The number of carbonyl (C=O) groups excluding carboxylic acids is 1. The fraction of sp³-hybridized carbons (Fsp3) is 0.353. The van der Waals surface area contributed by atoms with Crippen LogP contribution in [0.25, 0.3) is 0 Å². The molecular formula is C17H22N2O3S. The summed E-state index contributed by atoms with van der Waals surface area (Å²) in [6.07, 6.45) is 0.903. The zero-order valence-corrected chi connectivity index (χ0v) is 14.5. The van der Waals surface area contributed by atoms with Gasteiger partial charge in [-0.15, -0.1) is 11.3 Å². The fourth-order valence-electron chi connectivity index (χ4n) is 2.20. The minimum absolute atomic E-state index is 0.129. The largest absolute Gasteiger partial charge is 0.497 e. The Balaban J connectivity index is 2.11. The van der Waals surface area contributed by atoms with Gasteiger partial charge in [0.25, 0.3) is 0 Å². The monoisotopic (exact) mass is 334 g/mol. The molecule has 0 bridgehead atoms. The first-order valence-electron chi connectivity index (χ1n) is 7.47. The standard InChI is InChI=1S/C17H22N2O3S/c1-4-7-19(12-16-6-5-8-23-16)17(20)18-13-9-14(21-2)11-15(10-13)22-3/h5-6,8-11H,4,7,12H2,1-3H3,(H,18,20). The van der Waals surface area contributed by atoms with Gasteiger partial charge in [-0.05, 0) is 17.9 Å². The maximum Gasteiger partial charge on any atom is 0.322 e. The number of methoxy groups -OCH3 is 2.